The first-order valence-electron chi connectivity index (χ1n) is 5.12. The van der Waals surface area contributed by atoms with Crippen LogP contribution < -0.4 is 5.32 Å². The van der Waals surface area contributed by atoms with Gasteiger partial charge in [-0.25, -0.2) is 4.79 Å². The van der Waals surface area contributed by atoms with Crippen LogP contribution >= 0.6 is 0 Å². The number of rotatable bonds is 4. The number of hydrogen-bond acceptors (Lipinski definition) is 4. The maximum absolute atomic E-state index is 11.3. The Labute approximate surface area is 94.5 Å². The highest BCUT2D eigenvalue weighted by atomic mass is 16.5. The van der Waals surface area contributed by atoms with Crippen LogP contribution in [0.4, 0.5) is 10.5 Å². The molecule has 0 aliphatic heterocycles. The molecule has 0 spiro atoms. The van der Waals surface area contributed by atoms with E-state index < -0.39 is 6.09 Å². The number of nitrogens with one attached hydrogen (secondary N) is 1. The van der Waals surface area contributed by atoms with Crippen LogP contribution in [0.3, 0.4) is 0 Å². The fraction of sp³-hybridized carbons (Fsp3) is 0.455. The van der Waals surface area contributed by atoms with E-state index in [0.29, 0.717) is 18.0 Å². The SMILES string of the molecule is CC(C)COC(=O)Nc1cccnc1CO. The van der Waals surface area contributed by atoms with E-state index in [1.165, 1.54) is 0 Å². The molecule has 0 atom stereocenters. The average molecular weight is 224 g/mol. The molecule has 0 saturated heterocycles. The lowest BCUT2D eigenvalue weighted by molar-refractivity contribution is 0.147. The van der Waals surface area contributed by atoms with Gasteiger partial charge in [-0.1, -0.05) is 13.8 Å². The van der Waals surface area contributed by atoms with Crippen molar-refractivity contribution in [2.45, 2.75) is 20.5 Å². The molecule has 0 aromatic carbocycles. The van der Waals surface area contributed by atoms with Gasteiger partial charge in [0.25, 0.3) is 0 Å². The van der Waals surface area contributed by atoms with Crippen molar-refractivity contribution < 1.29 is 14.6 Å². The Morgan fingerprint density at radius 3 is 3.00 bits per heavy atom. The Morgan fingerprint density at radius 2 is 2.38 bits per heavy atom. The number of aliphatic hydroxyl groups excluding tert-OH is 1. The molecule has 1 aromatic heterocycles. The molecule has 5 nitrogen and oxygen atoms in total. The fourth-order valence-electron chi connectivity index (χ4n) is 1.07. The maximum atomic E-state index is 11.3. The van der Waals surface area contributed by atoms with Crippen molar-refractivity contribution in [3.8, 4) is 0 Å². The second-order valence-corrected chi connectivity index (χ2v) is 3.77. The molecular formula is C11H16N2O3. The smallest absolute Gasteiger partial charge is 0.411 e. The van der Waals surface area contributed by atoms with Crippen LogP contribution in [-0.2, 0) is 11.3 Å². The molecule has 0 aliphatic rings. The predicted octanol–water partition coefficient (Wildman–Crippen LogP) is 1.78. The Morgan fingerprint density at radius 1 is 1.62 bits per heavy atom. The molecular weight excluding hydrogens is 208 g/mol. The van der Waals surface area contributed by atoms with Crippen molar-refractivity contribution in [1.82, 2.24) is 4.98 Å². The molecule has 1 aromatic rings. The first kappa shape index (κ1) is 12.4. The van der Waals surface area contributed by atoms with Gasteiger partial charge < -0.3 is 9.84 Å². The number of carbonyl (C=O) groups is 1. The average Bonchev–Trinajstić information content (AvgIpc) is 2.27. The Kier molecular flexibility index (Phi) is 4.72. The van der Waals surface area contributed by atoms with Gasteiger partial charge in [-0.2, -0.15) is 0 Å². The number of anilines is 1. The van der Waals surface area contributed by atoms with Crippen LogP contribution in [0.15, 0.2) is 18.3 Å². The van der Waals surface area contributed by atoms with Gasteiger partial charge in [-0.3, -0.25) is 10.3 Å². The van der Waals surface area contributed by atoms with Gasteiger partial charge in [0.1, 0.15) is 0 Å². The summed E-state index contributed by atoms with van der Waals surface area (Å²) in [6, 6.07) is 3.34. The van der Waals surface area contributed by atoms with E-state index in [-0.39, 0.29) is 12.5 Å². The quantitative estimate of drug-likeness (QED) is 0.817. The zero-order valence-corrected chi connectivity index (χ0v) is 9.43. The number of amides is 1. The summed E-state index contributed by atoms with van der Waals surface area (Å²) in [6.45, 7) is 4.05. The van der Waals surface area contributed by atoms with Crippen molar-refractivity contribution >= 4 is 11.8 Å². The molecule has 0 fully saturated rings. The molecule has 0 unspecified atom stereocenters. The molecule has 0 bridgehead atoms. The zero-order valence-electron chi connectivity index (χ0n) is 9.43. The van der Waals surface area contributed by atoms with Crippen molar-refractivity contribution in [3.05, 3.63) is 24.0 Å². The summed E-state index contributed by atoms with van der Waals surface area (Å²) in [7, 11) is 0. The molecule has 1 heterocycles. The largest absolute Gasteiger partial charge is 0.449 e. The third-order valence-corrected chi connectivity index (χ3v) is 1.82. The molecule has 16 heavy (non-hydrogen) atoms. The van der Waals surface area contributed by atoms with E-state index in [0.717, 1.165) is 0 Å². The Hall–Kier alpha value is -1.62. The van der Waals surface area contributed by atoms with Gasteiger partial charge in [0, 0.05) is 6.20 Å². The van der Waals surface area contributed by atoms with Crippen LogP contribution in [0.2, 0.25) is 0 Å². The topological polar surface area (TPSA) is 71.5 Å². The maximum Gasteiger partial charge on any atom is 0.411 e. The third kappa shape index (κ3) is 3.86. The number of aromatic nitrogens is 1. The molecule has 2 N–H and O–H groups in total. The second kappa shape index (κ2) is 6.07. The van der Waals surface area contributed by atoms with Crippen LogP contribution in [0, 0.1) is 5.92 Å². The van der Waals surface area contributed by atoms with E-state index in [1.54, 1.807) is 18.3 Å². The van der Waals surface area contributed by atoms with E-state index in [9.17, 15) is 4.79 Å². The fourth-order valence-corrected chi connectivity index (χ4v) is 1.07. The van der Waals surface area contributed by atoms with Gasteiger partial charge in [0.15, 0.2) is 0 Å². The molecule has 1 amide bonds. The molecule has 0 saturated carbocycles. The van der Waals surface area contributed by atoms with Crippen molar-refractivity contribution in [1.29, 1.82) is 0 Å². The molecule has 0 aliphatic carbocycles. The summed E-state index contributed by atoms with van der Waals surface area (Å²) in [4.78, 5) is 15.3. The standard InChI is InChI=1S/C11H16N2O3/c1-8(2)7-16-11(15)13-9-4-3-5-12-10(9)6-14/h3-5,8,14H,6-7H2,1-2H3,(H,13,15). The van der Waals surface area contributed by atoms with Crippen LogP contribution in [0.25, 0.3) is 0 Å². The lowest BCUT2D eigenvalue weighted by Crippen LogP contribution is -2.17. The third-order valence-electron chi connectivity index (χ3n) is 1.82. The highest BCUT2D eigenvalue weighted by Gasteiger charge is 2.08. The van der Waals surface area contributed by atoms with E-state index in [1.807, 2.05) is 13.8 Å². The summed E-state index contributed by atoms with van der Waals surface area (Å²) in [6.07, 6.45) is 1.02. The van der Waals surface area contributed by atoms with Crippen molar-refractivity contribution in [2.24, 2.45) is 5.92 Å². The van der Waals surface area contributed by atoms with E-state index in [2.05, 4.69) is 10.3 Å². The summed E-state index contributed by atoms with van der Waals surface area (Å²) >= 11 is 0. The van der Waals surface area contributed by atoms with Gasteiger partial charge in [-0.05, 0) is 18.1 Å². The summed E-state index contributed by atoms with van der Waals surface area (Å²) in [5.74, 6) is 0.289. The summed E-state index contributed by atoms with van der Waals surface area (Å²) in [5.41, 5.74) is 0.891. The van der Waals surface area contributed by atoms with Crippen molar-refractivity contribution in [3.63, 3.8) is 0 Å². The van der Waals surface area contributed by atoms with Gasteiger partial charge >= 0.3 is 6.09 Å². The van der Waals surface area contributed by atoms with E-state index in [4.69, 9.17) is 9.84 Å². The number of hydrogen-bond donors (Lipinski definition) is 2. The lowest BCUT2D eigenvalue weighted by Gasteiger charge is -2.10. The molecule has 88 valence electrons. The number of nitrogens with zero attached hydrogens (tertiary/aromatic N) is 1. The van der Waals surface area contributed by atoms with Crippen LogP contribution in [0.1, 0.15) is 19.5 Å². The molecule has 0 radical (unpaired) electrons. The molecule has 5 heteroatoms. The minimum absolute atomic E-state index is 0.222. The minimum Gasteiger partial charge on any atom is -0.449 e. The monoisotopic (exact) mass is 224 g/mol. The highest BCUT2D eigenvalue weighted by Crippen LogP contribution is 2.12. The van der Waals surface area contributed by atoms with Crippen LogP contribution in [0.5, 0.6) is 0 Å². The Bertz CT molecular complexity index is 353. The first-order chi connectivity index (χ1) is 7.63. The number of carbonyl (C=O) groups excluding carboxylic acids is 1. The first-order valence-corrected chi connectivity index (χ1v) is 5.12. The molecule has 1 rings (SSSR count). The van der Waals surface area contributed by atoms with Gasteiger partial charge in [0.2, 0.25) is 0 Å². The summed E-state index contributed by atoms with van der Waals surface area (Å²) < 4.78 is 4.95. The van der Waals surface area contributed by atoms with Crippen molar-refractivity contribution in [2.75, 3.05) is 11.9 Å². The number of ether oxygens (including phenoxy) is 1. The number of pyridine rings is 1. The van der Waals surface area contributed by atoms with Gasteiger partial charge in [0.05, 0.1) is 24.6 Å². The lowest BCUT2D eigenvalue weighted by atomic mass is 10.2. The van der Waals surface area contributed by atoms with Gasteiger partial charge in [-0.15, -0.1) is 0 Å². The Balaban J connectivity index is 2.55. The highest BCUT2D eigenvalue weighted by molar-refractivity contribution is 5.85. The number of aliphatic hydroxyl groups is 1. The zero-order chi connectivity index (χ0) is 12.0. The van der Waals surface area contributed by atoms with Crippen LogP contribution in [-0.4, -0.2) is 22.8 Å². The normalized spacial score (nSPS) is 10.2. The summed E-state index contributed by atoms with van der Waals surface area (Å²) in [5, 5.41) is 11.5. The van der Waals surface area contributed by atoms with E-state index >= 15 is 0 Å². The predicted molar refractivity (Wildman–Crippen MR) is 60.0 cm³/mol. The second-order valence-electron chi connectivity index (χ2n) is 3.77. The minimum atomic E-state index is -0.531.